The summed E-state index contributed by atoms with van der Waals surface area (Å²) in [6, 6.07) is -0.148. The molecule has 5 nitrogen and oxygen atoms in total. The van der Waals surface area contributed by atoms with Crippen molar-refractivity contribution in [3.8, 4) is 0 Å². The van der Waals surface area contributed by atoms with Gasteiger partial charge in [0.25, 0.3) is 0 Å². The molecule has 6 heteroatoms. The Balaban J connectivity index is 2.54. The minimum Gasteiger partial charge on any atom is -0.481 e. The fourth-order valence-corrected chi connectivity index (χ4v) is 3.64. The van der Waals surface area contributed by atoms with Crippen LogP contribution in [0, 0.1) is 0 Å². The van der Waals surface area contributed by atoms with E-state index in [1.807, 2.05) is 4.90 Å². The van der Waals surface area contributed by atoms with Crippen LogP contribution in [0.2, 0.25) is 0 Å². The van der Waals surface area contributed by atoms with Crippen LogP contribution in [0.4, 0.5) is 0 Å². The lowest BCUT2D eigenvalue weighted by Gasteiger charge is -2.28. The average Bonchev–Trinajstić information content (AvgIpc) is 2.43. The van der Waals surface area contributed by atoms with Crippen molar-refractivity contribution >= 4 is 15.8 Å². The topological polar surface area (TPSA) is 74.7 Å². The lowest BCUT2D eigenvalue weighted by molar-refractivity contribution is -0.138. The highest BCUT2D eigenvalue weighted by Gasteiger charge is 2.32. The van der Waals surface area contributed by atoms with Crippen molar-refractivity contribution in [2.24, 2.45) is 0 Å². The van der Waals surface area contributed by atoms with Crippen LogP contribution in [0.25, 0.3) is 0 Å². The average molecular weight is 235 g/mol. The summed E-state index contributed by atoms with van der Waals surface area (Å²) in [6.45, 7) is 1.80. The fourth-order valence-electron chi connectivity index (χ4n) is 1.85. The zero-order valence-electron chi connectivity index (χ0n) is 9.01. The number of nitrogens with zero attached hydrogens (tertiary/aromatic N) is 1. The number of hydrogen-bond donors (Lipinski definition) is 1. The van der Waals surface area contributed by atoms with Crippen LogP contribution in [0.5, 0.6) is 0 Å². The molecule has 2 unspecified atom stereocenters. The summed E-state index contributed by atoms with van der Waals surface area (Å²) >= 11 is 0. The third-order valence-electron chi connectivity index (χ3n) is 2.95. The van der Waals surface area contributed by atoms with Crippen LogP contribution >= 0.6 is 0 Å². The molecule has 0 aromatic carbocycles. The molecule has 0 aromatic rings. The first-order valence-electron chi connectivity index (χ1n) is 4.96. The van der Waals surface area contributed by atoms with Crippen molar-refractivity contribution in [1.82, 2.24) is 4.90 Å². The Hall–Kier alpha value is -0.620. The van der Waals surface area contributed by atoms with E-state index in [0.29, 0.717) is 6.42 Å². The second-order valence-corrected chi connectivity index (χ2v) is 6.40. The van der Waals surface area contributed by atoms with Gasteiger partial charge < -0.3 is 5.11 Å². The number of rotatable bonds is 4. The molecule has 0 spiro atoms. The second kappa shape index (κ2) is 4.49. The molecule has 0 aliphatic carbocycles. The van der Waals surface area contributed by atoms with Gasteiger partial charge in [0.1, 0.15) is 0 Å². The van der Waals surface area contributed by atoms with Crippen LogP contribution in [0.15, 0.2) is 0 Å². The van der Waals surface area contributed by atoms with Gasteiger partial charge in [-0.3, -0.25) is 9.69 Å². The van der Waals surface area contributed by atoms with Crippen LogP contribution < -0.4 is 0 Å². The Bertz CT molecular complexity index is 338. The van der Waals surface area contributed by atoms with Gasteiger partial charge in [-0.15, -0.1) is 0 Å². The van der Waals surface area contributed by atoms with Crippen LogP contribution in [0.3, 0.4) is 0 Å². The van der Waals surface area contributed by atoms with Gasteiger partial charge in [-0.25, -0.2) is 8.42 Å². The predicted octanol–water partition coefficient (Wildman–Crippen LogP) is -0.0315. The lowest BCUT2D eigenvalue weighted by atomic mass is 10.1. The van der Waals surface area contributed by atoms with E-state index in [0.717, 1.165) is 0 Å². The first-order chi connectivity index (χ1) is 6.82. The molecule has 0 bridgehead atoms. The van der Waals surface area contributed by atoms with Crippen molar-refractivity contribution in [3.05, 3.63) is 0 Å². The van der Waals surface area contributed by atoms with Gasteiger partial charge in [0.2, 0.25) is 0 Å². The minimum atomic E-state index is -2.89. The molecule has 0 saturated carbocycles. The normalized spacial score (nSPS) is 26.7. The standard InChI is InChI=1S/C9H17NO4S/c1-7(5-9(11)12)10(2)8-3-4-15(13,14)6-8/h7-8H,3-6H2,1-2H3,(H,11,12). The van der Waals surface area contributed by atoms with Gasteiger partial charge in [-0.2, -0.15) is 0 Å². The van der Waals surface area contributed by atoms with E-state index in [1.165, 1.54) is 0 Å². The van der Waals surface area contributed by atoms with Gasteiger partial charge in [0.05, 0.1) is 17.9 Å². The zero-order chi connectivity index (χ0) is 11.6. The summed E-state index contributed by atoms with van der Waals surface area (Å²) in [5.41, 5.74) is 0. The van der Waals surface area contributed by atoms with Crippen LogP contribution in [-0.4, -0.2) is 55.0 Å². The lowest BCUT2D eigenvalue weighted by Crippen LogP contribution is -2.40. The molecular weight excluding hydrogens is 218 g/mol. The zero-order valence-corrected chi connectivity index (χ0v) is 9.83. The smallest absolute Gasteiger partial charge is 0.304 e. The van der Waals surface area contributed by atoms with Crippen molar-refractivity contribution < 1.29 is 18.3 Å². The molecule has 1 heterocycles. The summed E-state index contributed by atoms with van der Waals surface area (Å²) in [5.74, 6) is -0.467. The maximum Gasteiger partial charge on any atom is 0.304 e. The van der Waals surface area contributed by atoms with E-state index in [2.05, 4.69) is 0 Å². The number of carboxylic acids is 1. The van der Waals surface area contributed by atoms with Gasteiger partial charge in [0, 0.05) is 12.1 Å². The summed E-state index contributed by atoms with van der Waals surface area (Å²) in [5, 5.41) is 8.63. The highest BCUT2D eigenvalue weighted by molar-refractivity contribution is 7.91. The fraction of sp³-hybridized carbons (Fsp3) is 0.889. The minimum absolute atomic E-state index is 0.0238. The van der Waals surface area contributed by atoms with Crippen LogP contribution in [0.1, 0.15) is 19.8 Å². The molecule has 1 N–H and O–H groups in total. The predicted molar refractivity (Wildman–Crippen MR) is 56.5 cm³/mol. The van der Waals surface area contributed by atoms with Gasteiger partial charge >= 0.3 is 5.97 Å². The maximum absolute atomic E-state index is 11.2. The number of carbonyl (C=O) groups is 1. The SMILES string of the molecule is CC(CC(=O)O)N(C)C1CCS(=O)(=O)C1. The number of sulfone groups is 1. The van der Waals surface area contributed by atoms with E-state index in [1.54, 1.807) is 14.0 Å². The Morgan fingerprint density at radius 2 is 2.20 bits per heavy atom. The molecule has 0 radical (unpaired) electrons. The second-order valence-electron chi connectivity index (χ2n) is 4.17. The quantitative estimate of drug-likeness (QED) is 0.740. The molecule has 1 saturated heterocycles. The van der Waals surface area contributed by atoms with Gasteiger partial charge in [-0.05, 0) is 20.4 Å². The number of aliphatic carboxylic acids is 1. The highest BCUT2D eigenvalue weighted by atomic mass is 32.2. The summed E-state index contributed by atoms with van der Waals surface area (Å²) < 4.78 is 22.5. The number of carboxylic acid groups (broad SMARTS) is 1. The molecule has 1 aliphatic rings. The van der Waals surface area contributed by atoms with Crippen molar-refractivity contribution in [2.75, 3.05) is 18.6 Å². The van der Waals surface area contributed by atoms with E-state index in [4.69, 9.17) is 5.11 Å². The first kappa shape index (κ1) is 12.4. The molecule has 1 aliphatic heterocycles. The molecule has 2 atom stereocenters. The Morgan fingerprint density at radius 1 is 1.60 bits per heavy atom. The summed E-state index contributed by atoms with van der Waals surface area (Å²) in [7, 11) is -1.10. The van der Waals surface area contributed by atoms with Crippen molar-refractivity contribution in [3.63, 3.8) is 0 Å². The molecule has 0 amide bonds. The van der Waals surface area contributed by atoms with E-state index in [-0.39, 0.29) is 30.0 Å². The van der Waals surface area contributed by atoms with Gasteiger partial charge in [0.15, 0.2) is 9.84 Å². The molecule has 15 heavy (non-hydrogen) atoms. The van der Waals surface area contributed by atoms with E-state index >= 15 is 0 Å². The maximum atomic E-state index is 11.2. The molecule has 88 valence electrons. The van der Waals surface area contributed by atoms with E-state index in [9.17, 15) is 13.2 Å². The molecule has 0 aromatic heterocycles. The Labute approximate surface area is 90.0 Å². The van der Waals surface area contributed by atoms with Gasteiger partial charge in [-0.1, -0.05) is 0 Å². The largest absolute Gasteiger partial charge is 0.481 e. The number of hydrogen-bond acceptors (Lipinski definition) is 4. The summed E-state index contributed by atoms with van der Waals surface area (Å²) in [4.78, 5) is 12.4. The summed E-state index contributed by atoms with van der Waals surface area (Å²) in [6.07, 6.45) is 0.663. The van der Waals surface area contributed by atoms with E-state index < -0.39 is 15.8 Å². The third kappa shape index (κ3) is 3.46. The monoisotopic (exact) mass is 235 g/mol. The molecule has 1 fully saturated rings. The van der Waals surface area contributed by atoms with Crippen molar-refractivity contribution in [1.29, 1.82) is 0 Å². The third-order valence-corrected chi connectivity index (χ3v) is 4.70. The van der Waals surface area contributed by atoms with Crippen molar-refractivity contribution in [2.45, 2.75) is 31.8 Å². The first-order valence-corrected chi connectivity index (χ1v) is 6.78. The highest BCUT2D eigenvalue weighted by Crippen LogP contribution is 2.19. The Morgan fingerprint density at radius 3 is 2.60 bits per heavy atom. The Kier molecular flexibility index (Phi) is 3.72. The molecular formula is C9H17NO4S. The molecule has 1 rings (SSSR count). The van der Waals surface area contributed by atoms with Crippen LogP contribution in [-0.2, 0) is 14.6 Å².